The molecule has 3 heteroatoms. The summed E-state index contributed by atoms with van der Waals surface area (Å²) in [6.45, 7) is 1.92. The quantitative estimate of drug-likeness (QED) is 0.501. The summed E-state index contributed by atoms with van der Waals surface area (Å²) in [5.41, 5.74) is 0. The summed E-state index contributed by atoms with van der Waals surface area (Å²) in [4.78, 5) is 10.6. The molecule has 0 rings (SSSR count). The summed E-state index contributed by atoms with van der Waals surface area (Å²) in [5, 5.41) is 9.11. The summed E-state index contributed by atoms with van der Waals surface area (Å²) in [5.74, 6) is -0.253. The summed E-state index contributed by atoms with van der Waals surface area (Å²) < 4.78 is 4.43. The number of methoxy groups -OCH3 is 1. The number of rotatable bonds is 5. The predicted octanol–water partition coefficient (Wildman–Crippen LogP) is 1.27. The molecule has 0 aliphatic rings. The molecule has 0 aliphatic carbocycles. The lowest BCUT2D eigenvalue weighted by Crippen LogP contribution is -2.02. The minimum atomic E-state index is -0.293. The third-order valence-electron chi connectivity index (χ3n) is 1.56. The second kappa shape index (κ2) is 6.85. The van der Waals surface area contributed by atoms with E-state index in [1.54, 1.807) is 12.2 Å². The van der Waals surface area contributed by atoms with Gasteiger partial charge in [0.25, 0.3) is 0 Å². The van der Waals surface area contributed by atoms with E-state index in [1.807, 2.05) is 6.92 Å². The van der Waals surface area contributed by atoms with Gasteiger partial charge in [0.1, 0.15) is 0 Å². The van der Waals surface area contributed by atoms with Gasteiger partial charge in [0.15, 0.2) is 0 Å². The second-order valence-electron chi connectivity index (χ2n) is 2.55. The molecule has 0 saturated carbocycles. The van der Waals surface area contributed by atoms with E-state index in [2.05, 4.69) is 4.74 Å². The Morgan fingerprint density at radius 2 is 2.25 bits per heavy atom. The Bertz CT molecular complexity index is 152. The Balaban J connectivity index is 3.43. The molecule has 0 fully saturated rings. The molecule has 0 heterocycles. The van der Waals surface area contributed by atoms with Gasteiger partial charge >= 0.3 is 5.97 Å². The Hall–Kier alpha value is -0.830. The zero-order chi connectivity index (χ0) is 9.40. The smallest absolute Gasteiger partial charge is 0.309 e. The van der Waals surface area contributed by atoms with Gasteiger partial charge in [-0.2, -0.15) is 0 Å². The molecule has 0 unspecified atom stereocenters. The van der Waals surface area contributed by atoms with Crippen LogP contribution in [0.5, 0.6) is 0 Å². The van der Waals surface area contributed by atoms with Crippen LogP contribution in [0.1, 0.15) is 26.2 Å². The standard InChI is InChI=1S/C9H16O3/c1-3-8(10)6-4-5-7-9(11)12-2/h4-5,8,10H,3,6-7H2,1-2H3/b5-4-/t8-/m1/s1. The highest BCUT2D eigenvalue weighted by atomic mass is 16.5. The van der Waals surface area contributed by atoms with Crippen molar-refractivity contribution in [3.63, 3.8) is 0 Å². The van der Waals surface area contributed by atoms with Crippen molar-refractivity contribution < 1.29 is 14.6 Å². The van der Waals surface area contributed by atoms with Gasteiger partial charge in [-0.15, -0.1) is 0 Å². The molecule has 70 valence electrons. The normalized spacial score (nSPS) is 13.2. The molecule has 0 radical (unpaired) electrons. The first-order valence-corrected chi connectivity index (χ1v) is 4.10. The van der Waals surface area contributed by atoms with Crippen LogP contribution in [0, 0.1) is 0 Å². The largest absolute Gasteiger partial charge is 0.469 e. The molecular formula is C9H16O3. The zero-order valence-corrected chi connectivity index (χ0v) is 7.62. The van der Waals surface area contributed by atoms with Crippen LogP contribution in [0.25, 0.3) is 0 Å². The first-order valence-electron chi connectivity index (χ1n) is 4.10. The molecule has 0 aromatic carbocycles. The van der Waals surface area contributed by atoms with Crippen molar-refractivity contribution in [2.24, 2.45) is 0 Å². The van der Waals surface area contributed by atoms with Gasteiger partial charge < -0.3 is 9.84 Å². The van der Waals surface area contributed by atoms with Crippen molar-refractivity contribution in [1.29, 1.82) is 0 Å². The maximum Gasteiger partial charge on any atom is 0.309 e. The van der Waals surface area contributed by atoms with Crippen molar-refractivity contribution in [1.82, 2.24) is 0 Å². The third-order valence-corrected chi connectivity index (χ3v) is 1.56. The van der Waals surface area contributed by atoms with Crippen LogP contribution in [-0.4, -0.2) is 24.3 Å². The molecule has 0 saturated heterocycles. The monoisotopic (exact) mass is 172 g/mol. The van der Waals surface area contributed by atoms with Gasteiger partial charge in [0.2, 0.25) is 0 Å². The number of hydrogen-bond donors (Lipinski definition) is 1. The Kier molecular flexibility index (Phi) is 6.38. The van der Waals surface area contributed by atoms with Crippen LogP contribution >= 0.6 is 0 Å². The van der Waals surface area contributed by atoms with Crippen molar-refractivity contribution >= 4 is 5.97 Å². The van der Waals surface area contributed by atoms with Crippen molar-refractivity contribution in [3.8, 4) is 0 Å². The van der Waals surface area contributed by atoms with Crippen molar-refractivity contribution in [2.45, 2.75) is 32.3 Å². The summed E-state index contributed by atoms with van der Waals surface area (Å²) in [6.07, 6.45) is 4.85. The van der Waals surface area contributed by atoms with Crippen LogP contribution < -0.4 is 0 Å². The number of carbonyl (C=O) groups excluding carboxylic acids is 1. The Morgan fingerprint density at radius 3 is 2.75 bits per heavy atom. The lowest BCUT2D eigenvalue weighted by atomic mass is 10.2. The van der Waals surface area contributed by atoms with E-state index in [0.717, 1.165) is 6.42 Å². The average molecular weight is 172 g/mol. The SMILES string of the molecule is CC[C@@H](O)C/C=C\CC(=O)OC. The molecule has 1 atom stereocenters. The summed E-state index contributed by atoms with van der Waals surface area (Å²) in [7, 11) is 1.36. The van der Waals surface area contributed by atoms with E-state index in [4.69, 9.17) is 5.11 Å². The summed E-state index contributed by atoms with van der Waals surface area (Å²) >= 11 is 0. The lowest BCUT2D eigenvalue weighted by Gasteiger charge is -2.01. The topological polar surface area (TPSA) is 46.5 Å². The van der Waals surface area contributed by atoms with Crippen LogP contribution in [-0.2, 0) is 9.53 Å². The number of aliphatic hydroxyl groups is 1. The van der Waals surface area contributed by atoms with E-state index in [0.29, 0.717) is 6.42 Å². The number of carbonyl (C=O) groups is 1. The molecule has 0 aromatic heterocycles. The molecule has 0 spiro atoms. The fourth-order valence-electron chi connectivity index (χ4n) is 0.683. The molecule has 1 N–H and O–H groups in total. The number of esters is 1. The highest BCUT2D eigenvalue weighted by molar-refractivity contribution is 5.70. The van der Waals surface area contributed by atoms with Gasteiger partial charge in [-0.05, 0) is 12.8 Å². The van der Waals surface area contributed by atoms with E-state index in [9.17, 15) is 4.79 Å². The van der Waals surface area contributed by atoms with E-state index < -0.39 is 0 Å². The highest BCUT2D eigenvalue weighted by Gasteiger charge is 1.97. The number of ether oxygens (including phenoxy) is 1. The van der Waals surface area contributed by atoms with E-state index >= 15 is 0 Å². The van der Waals surface area contributed by atoms with Gasteiger partial charge in [0, 0.05) is 0 Å². The van der Waals surface area contributed by atoms with E-state index in [1.165, 1.54) is 7.11 Å². The number of aliphatic hydroxyl groups excluding tert-OH is 1. The van der Waals surface area contributed by atoms with Crippen LogP contribution in [0.3, 0.4) is 0 Å². The summed E-state index contributed by atoms with van der Waals surface area (Å²) in [6, 6.07) is 0. The first-order chi connectivity index (χ1) is 5.70. The Morgan fingerprint density at radius 1 is 1.58 bits per heavy atom. The molecule has 3 nitrogen and oxygen atoms in total. The third kappa shape index (κ3) is 5.92. The fourth-order valence-corrected chi connectivity index (χ4v) is 0.683. The molecule has 12 heavy (non-hydrogen) atoms. The zero-order valence-electron chi connectivity index (χ0n) is 7.62. The van der Waals surface area contributed by atoms with Gasteiger partial charge in [-0.25, -0.2) is 0 Å². The fraction of sp³-hybridized carbons (Fsp3) is 0.667. The van der Waals surface area contributed by atoms with Crippen molar-refractivity contribution in [3.05, 3.63) is 12.2 Å². The van der Waals surface area contributed by atoms with Crippen LogP contribution in [0.15, 0.2) is 12.2 Å². The Labute approximate surface area is 73.0 Å². The van der Waals surface area contributed by atoms with Crippen LogP contribution in [0.4, 0.5) is 0 Å². The van der Waals surface area contributed by atoms with E-state index in [-0.39, 0.29) is 18.5 Å². The minimum Gasteiger partial charge on any atom is -0.469 e. The maximum absolute atomic E-state index is 10.6. The predicted molar refractivity (Wildman–Crippen MR) is 46.7 cm³/mol. The maximum atomic E-state index is 10.6. The molecular weight excluding hydrogens is 156 g/mol. The molecule has 0 bridgehead atoms. The highest BCUT2D eigenvalue weighted by Crippen LogP contribution is 1.98. The molecule has 0 aliphatic heterocycles. The molecule has 0 amide bonds. The van der Waals surface area contributed by atoms with Gasteiger partial charge in [-0.1, -0.05) is 19.1 Å². The first kappa shape index (κ1) is 11.2. The van der Waals surface area contributed by atoms with Crippen molar-refractivity contribution in [2.75, 3.05) is 7.11 Å². The number of hydrogen-bond acceptors (Lipinski definition) is 3. The van der Waals surface area contributed by atoms with Crippen LogP contribution in [0.2, 0.25) is 0 Å². The minimum absolute atomic E-state index is 0.253. The van der Waals surface area contributed by atoms with Gasteiger partial charge in [0.05, 0.1) is 19.6 Å². The van der Waals surface area contributed by atoms with Gasteiger partial charge in [-0.3, -0.25) is 4.79 Å². The average Bonchev–Trinajstić information content (AvgIpc) is 2.11. The molecule has 0 aromatic rings. The second-order valence-corrected chi connectivity index (χ2v) is 2.55. The lowest BCUT2D eigenvalue weighted by molar-refractivity contribution is -0.139.